The van der Waals surface area contributed by atoms with E-state index in [0.717, 1.165) is 6.61 Å². The average Bonchev–Trinajstić information content (AvgIpc) is 1.74. The van der Waals surface area contributed by atoms with E-state index in [1.165, 1.54) is 19.3 Å². The number of rotatable bonds is 3. The maximum absolute atomic E-state index is 5.15. The standard InChI is InChI=1S/C8H15NO.ClH/c1-9-8-3-7(4-8,5-8)6-10-2;/h9H,3-6H2,1-2H3;1H. The molecule has 3 aliphatic carbocycles. The molecule has 3 fully saturated rings. The number of ether oxygens (including phenoxy) is 1. The fourth-order valence-electron chi connectivity index (χ4n) is 2.72. The summed E-state index contributed by atoms with van der Waals surface area (Å²) < 4.78 is 5.15. The molecule has 3 saturated carbocycles. The first kappa shape index (κ1) is 9.30. The van der Waals surface area contributed by atoms with Gasteiger partial charge in [-0.15, -0.1) is 12.4 Å². The Bertz CT molecular complexity index is 140. The lowest BCUT2D eigenvalue weighted by atomic mass is 9.40. The molecule has 0 aromatic carbocycles. The van der Waals surface area contributed by atoms with Gasteiger partial charge in [0.15, 0.2) is 0 Å². The monoisotopic (exact) mass is 177 g/mol. The molecule has 0 spiro atoms. The van der Waals surface area contributed by atoms with Crippen molar-refractivity contribution in [2.75, 3.05) is 20.8 Å². The van der Waals surface area contributed by atoms with Crippen molar-refractivity contribution >= 4 is 12.4 Å². The zero-order valence-corrected chi connectivity index (χ0v) is 7.96. The van der Waals surface area contributed by atoms with E-state index in [4.69, 9.17) is 4.74 Å². The van der Waals surface area contributed by atoms with E-state index in [1.807, 2.05) is 0 Å². The second-order valence-electron chi connectivity index (χ2n) is 3.99. The zero-order valence-electron chi connectivity index (χ0n) is 7.14. The third kappa shape index (κ3) is 1.08. The van der Waals surface area contributed by atoms with E-state index in [0.29, 0.717) is 11.0 Å². The Kier molecular flexibility index (Phi) is 2.21. The van der Waals surface area contributed by atoms with Crippen LogP contribution >= 0.6 is 12.4 Å². The molecule has 0 saturated heterocycles. The molecule has 66 valence electrons. The van der Waals surface area contributed by atoms with Gasteiger partial charge in [0.25, 0.3) is 0 Å². The van der Waals surface area contributed by atoms with E-state index < -0.39 is 0 Å². The Balaban J connectivity index is 0.000000605. The normalized spacial score (nSPS) is 45.3. The van der Waals surface area contributed by atoms with Gasteiger partial charge in [0.1, 0.15) is 0 Å². The lowest BCUT2D eigenvalue weighted by molar-refractivity contribution is -0.181. The van der Waals surface area contributed by atoms with Crippen LogP contribution in [-0.4, -0.2) is 26.3 Å². The predicted octanol–water partition coefficient (Wildman–Crippen LogP) is 1.20. The summed E-state index contributed by atoms with van der Waals surface area (Å²) in [6.45, 7) is 0.969. The quantitative estimate of drug-likeness (QED) is 0.700. The van der Waals surface area contributed by atoms with Gasteiger partial charge < -0.3 is 10.1 Å². The van der Waals surface area contributed by atoms with Crippen LogP contribution in [0.15, 0.2) is 0 Å². The predicted molar refractivity (Wildman–Crippen MR) is 47.2 cm³/mol. The van der Waals surface area contributed by atoms with Crippen molar-refractivity contribution in [2.24, 2.45) is 5.41 Å². The molecule has 3 heteroatoms. The summed E-state index contributed by atoms with van der Waals surface area (Å²) in [5.74, 6) is 0. The first-order valence-corrected chi connectivity index (χ1v) is 3.92. The molecule has 1 N–H and O–H groups in total. The minimum atomic E-state index is 0. The molecule has 2 bridgehead atoms. The van der Waals surface area contributed by atoms with Crippen LogP contribution < -0.4 is 5.32 Å². The summed E-state index contributed by atoms with van der Waals surface area (Å²) >= 11 is 0. The van der Waals surface area contributed by atoms with Gasteiger partial charge in [0.2, 0.25) is 0 Å². The van der Waals surface area contributed by atoms with E-state index in [-0.39, 0.29) is 12.4 Å². The van der Waals surface area contributed by atoms with Gasteiger partial charge in [-0.05, 0) is 31.7 Å². The molecule has 0 aliphatic heterocycles. The molecule has 3 aliphatic rings. The van der Waals surface area contributed by atoms with E-state index >= 15 is 0 Å². The van der Waals surface area contributed by atoms with Crippen LogP contribution in [0.4, 0.5) is 0 Å². The van der Waals surface area contributed by atoms with Crippen molar-refractivity contribution in [3.8, 4) is 0 Å². The van der Waals surface area contributed by atoms with Gasteiger partial charge in [0, 0.05) is 12.6 Å². The highest BCUT2D eigenvalue weighted by atomic mass is 35.5. The molecule has 0 aromatic heterocycles. The van der Waals surface area contributed by atoms with Crippen molar-refractivity contribution in [3.05, 3.63) is 0 Å². The van der Waals surface area contributed by atoms with Gasteiger partial charge >= 0.3 is 0 Å². The lowest BCUT2D eigenvalue weighted by Gasteiger charge is -2.70. The molecule has 0 amide bonds. The third-order valence-electron chi connectivity index (χ3n) is 3.12. The van der Waals surface area contributed by atoms with Crippen LogP contribution in [-0.2, 0) is 4.74 Å². The summed E-state index contributed by atoms with van der Waals surface area (Å²) in [5, 5.41) is 3.37. The summed E-state index contributed by atoms with van der Waals surface area (Å²) in [6, 6.07) is 0. The van der Waals surface area contributed by atoms with Crippen LogP contribution in [0.2, 0.25) is 0 Å². The summed E-state index contributed by atoms with van der Waals surface area (Å²) in [4.78, 5) is 0. The first-order valence-electron chi connectivity index (χ1n) is 3.92. The molecular weight excluding hydrogens is 162 g/mol. The molecule has 3 rings (SSSR count). The second-order valence-corrected chi connectivity index (χ2v) is 3.99. The molecule has 0 aromatic rings. The smallest absolute Gasteiger partial charge is 0.0520 e. The summed E-state index contributed by atoms with van der Waals surface area (Å²) in [7, 11) is 3.86. The van der Waals surface area contributed by atoms with Crippen molar-refractivity contribution in [1.29, 1.82) is 0 Å². The minimum absolute atomic E-state index is 0. The van der Waals surface area contributed by atoms with Crippen LogP contribution in [0, 0.1) is 5.41 Å². The third-order valence-corrected chi connectivity index (χ3v) is 3.12. The minimum Gasteiger partial charge on any atom is -0.384 e. The van der Waals surface area contributed by atoms with Gasteiger partial charge in [0.05, 0.1) is 6.61 Å². The topological polar surface area (TPSA) is 21.3 Å². The Labute approximate surface area is 74.1 Å². The van der Waals surface area contributed by atoms with Crippen molar-refractivity contribution in [2.45, 2.75) is 24.8 Å². The SMILES string of the molecule is CNC12CC(COC)(C1)C2.Cl. The first-order chi connectivity index (χ1) is 4.74. The molecule has 0 atom stereocenters. The highest BCUT2D eigenvalue weighted by molar-refractivity contribution is 5.85. The molecule has 0 radical (unpaired) electrons. The van der Waals surface area contributed by atoms with Crippen LogP contribution in [0.25, 0.3) is 0 Å². The number of hydrogen-bond donors (Lipinski definition) is 1. The van der Waals surface area contributed by atoms with Crippen molar-refractivity contribution in [3.63, 3.8) is 0 Å². The van der Waals surface area contributed by atoms with E-state index in [9.17, 15) is 0 Å². The number of halogens is 1. The number of methoxy groups -OCH3 is 1. The molecule has 0 unspecified atom stereocenters. The zero-order chi connectivity index (χ0) is 7.24. The maximum Gasteiger partial charge on any atom is 0.0520 e. The molecule has 0 heterocycles. The van der Waals surface area contributed by atoms with Crippen molar-refractivity contribution in [1.82, 2.24) is 5.32 Å². The highest BCUT2D eigenvalue weighted by Crippen LogP contribution is 2.66. The second kappa shape index (κ2) is 2.61. The Hall–Kier alpha value is 0.210. The van der Waals surface area contributed by atoms with E-state index in [2.05, 4.69) is 12.4 Å². The van der Waals surface area contributed by atoms with Gasteiger partial charge in [-0.1, -0.05) is 0 Å². The molecule has 2 nitrogen and oxygen atoms in total. The number of hydrogen-bond acceptors (Lipinski definition) is 2. The van der Waals surface area contributed by atoms with Crippen LogP contribution in [0.3, 0.4) is 0 Å². The number of nitrogens with one attached hydrogen (secondary N) is 1. The molecule has 11 heavy (non-hydrogen) atoms. The van der Waals surface area contributed by atoms with Crippen molar-refractivity contribution < 1.29 is 4.74 Å². The fraction of sp³-hybridized carbons (Fsp3) is 1.00. The Morgan fingerprint density at radius 2 is 1.91 bits per heavy atom. The summed E-state index contributed by atoms with van der Waals surface area (Å²) in [5.41, 5.74) is 1.14. The average molecular weight is 178 g/mol. The Morgan fingerprint density at radius 3 is 2.27 bits per heavy atom. The van der Waals surface area contributed by atoms with Gasteiger partial charge in [-0.2, -0.15) is 0 Å². The van der Waals surface area contributed by atoms with Gasteiger partial charge in [-0.3, -0.25) is 0 Å². The van der Waals surface area contributed by atoms with Crippen LogP contribution in [0.1, 0.15) is 19.3 Å². The highest BCUT2D eigenvalue weighted by Gasteiger charge is 2.66. The summed E-state index contributed by atoms with van der Waals surface area (Å²) in [6.07, 6.45) is 4.01. The molecular formula is C8H16ClNO. The largest absolute Gasteiger partial charge is 0.384 e. The lowest BCUT2D eigenvalue weighted by Crippen LogP contribution is -2.74. The van der Waals surface area contributed by atoms with Gasteiger partial charge in [-0.25, -0.2) is 0 Å². The Morgan fingerprint density at radius 1 is 1.36 bits per heavy atom. The maximum atomic E-state index is 5.15. The van der Waals surface area contributed by atoms with Crippen LogP contribution in [0.5, 0.6) is 0 Å². The van der Waals surface area contributed by atoms with E-state index in [1.54, 1.807) is 7.11 Å². The fourth-order valence-corrected chi connectivity index (χ4v) is 2.72.